The molecular weight excluding hydrogens is 558 g/mol. The number of anilines is 1. The van der Waals surface area contributed by atoms with Gasteiger partial charge >= 0.3 is 0 Å². The minimum atomic E-state index is -1.12. The summed E-state index contributed by atoms with van der Waals surface area (Å²) in [5, 5.41) is 2.85. The number of amides is 1. The third-order valence-corrected chi connectivity index (χ3v) is 9.89. The number of pyridine rings is 1. The molecule has 1 aliphatic carbocycles. The van der Waals surface area contributed by atoms with Crippen LogP contribution in [0.25, 0.3) is 0 Å². The Morgan fingerprint density at radius 3 is 2.44 bits per heavy atom. The molecule has 1 aromatic heterocycles. The van der Waals surface area contributed by atoms with Crippen LogP contribution in [-0.4, -0.2) is 54.3 Å². The molecule has 3 fully saturated rings. The molecule has 2 saturated heterocycles. The van der Waals surface area contributed by atoms with Gasteiger partial charge in [0.1, 0.15) is 16.9 Å². The van der Waals surface area contributed by atoms with E-state index in [9.17, 15) is 9.59 Å². The van der Waals surface area contributed by atoms with E-state index in [0.717, 1.165) is 50.0 Å². The molecule has 0 spiro atoms. The first kappa shape index (κ1) is 28.1. The highest BCUT2D eigenvalue weighted by Crippen LogP contribution is 2.41. The smallest absolute Gasteiger partial charge is 0.242 e. The Morgan fingerprint density at radius 1 is 0.951 bits per heavy atom. The Morgan fingerprint density at radius 2 is 1.71 bits per heavy atom. The van der Waals surface area contributed by atoms with Crippen LogP contribution >= 0.6 is 23.4 Å². The van der Waals surface area contributed by atoms with Gasteiger partial charge < -0.3 is 19.7 Å². The van der Waals surface area contributed by atoms with Gasteiger partial charge in [0.25, 0.3) is 0 Å². The van der Waals surface area contributed by atoms with Crippen LogP contribution in [-0.2, 0) is 19.9 Å². The Labute approximate surface area is 250 Å². The fourth-order valence-corrected chi connectivity index (χ4v) is 7.18. The highest BCUT2D eigenvalue weighted by Gasteiger charge is 2.48. The normalized spacial score (nSPS) is 23.7. The zero-order chi connectivity index (χ0) is 28.2. The number of rotatable bonds is 7. The first-order valence-electron chi connectivity index (χ1n) is 14.4. The molecule has 1 amide bonds. The summed E-state index contributed by atoms with van der Waals surface area (Å²) >= 11 is 7.55. The summed E-state index contributed by atoms with van der Waals surface area (Å²) in [5.41, 5.74) is 1.35. The Hall–Kier alpha value is -3.07. The molecule has 3 heterocycles. The van der Waals surface area contributed by atoms with Crippen molar-refractivity contribution in [2.24, 2.45) is 0 Å². The summed E-state index contributed by atoms with van der Waals surface area (Å²) in [6.07, 6.45) is 5.76. The Bertz CT molecular complexity index is 1370. The van der Waals surface area contributed by atoms with Crippen molar-refractivity contribution in [3.8, 4) is 5.88 Å². The number of halogens is 1. The van der Waals surface area contributed by atoms with Crippen LogP contribution in [0, 0.1) is 0 Å². The first-order chi connectivity index (χ1) is 20.0. The molecule has 0 radical (unpaired) electrons. The van der Waals surface area contributed by atoms with Crippen LogP contribution in [0.15, 0.2) is 71.6 Å². The summed E-state index contributed by atoms with van der Waals surface area (Å²) in [4.78, 5) is 35.4. The summed E-state index contributed by atoms with van der Waals surface area (Å²) in [6, 6.07) is 21.0. The van der Waals surface area contributed by atoms with Gasteiger partial charge in [0, 0.05) is 36.2 Å². The third kappa shape index (κ3) is 6.10. The molecule has 3 aliphatic rings. The van der Waals surface area contributed by atoms with Crippen LogP contribution in [0.4, 0.5) is 5.69 Å². The highest BCUT2D eigenvalue weighted by molar-refractivity contribution is 8.01. The minimum absolute atomic E-state index is 0.0671. The Kier molecular flexibility index (Phi) is 8.51. The van der Waals surface area contributed by atoms with Crippen molar-refractivity contribution >= 4 is 40.7 Å². The molecule has 2 aromatic carbocycles. The molecule has 1 N–H and O–H groups in total. The maximum atomic E-state index is 13.8. The summed E-state index contributed by atoms with van der Waals surface area (Å²) < 4.78 is 11.8. The van der Waals surface area contributed by atoms with Crippen molar-refractivity contribution in [2.75, 3.05) is 31.2 Å². The largest absolute Gasteiger partial charge is 0.474 e. The molecule has 41 heavy (non-hydrogen) atoms. The monoisotopic (exact) mass is 591 g/mol. The fourth-order valence-electron chi connectivity index (χ4n) is 5.93. The molecule has 7 nitrogen and oxygen atoms in total. The standard InChI is InChI=1S/C32H34ClN3O4S/c33-25-9-4-5-10-27(25)41-30-26(37)21-32(35-31(30)38,22-13-15-23(16-14-22)36-17-19-39-20-18-36)28-11-6-12-29(34-28)40-24-7-2-1-3-8-24/h4-6,9-16,24,30H,1-3,7-8,17-21H2,(H,35,38). The number of nitrogens with one attached hydrogen (secondary N) is 1. The average Bonchev–Trinajstić information content (AvgIpc) is 3.01. The number of aromatic nitrogens is 1. The van der Waals surface area contributed by atoms with Gasteiger partial charge in [-0.15, -0.1) is 11.8 Å². The van der Waals surface area contributed by atoms with Gasteiger partial charge in [-0.2, -0.15) is 0 Å². The van der Waals surface area contributed by atoms with Crippen LogP contribution in [0.2, 0.25) is 5.02 Å². The van der Waals surface area contributed by atoms with E-state index in [1.54, 1.807) is 6.07 Å². The number of hydrogen-bond acceptors (Lipinski definition) is 7. The lowest BCUT2D eigenvalue weighted by Gasteiger charge is -2.40. The first-order valence-corrected chi connectivity index (χ1v) is 15.6. The Balaban J connectivity index is 1.33. The summed E-state index contributed by atoms with van der Waals surface area (Å²) in [5.74, 6) is -0.00636. The SMILES string of the molecule is O=C1CC(c2ccc(N3CCOCC3)cc2)(c2cccc(OC3CCCCC3)n2)NC(=O)C1Sc1ccccc1Cl. The van der Waals surface area contributed by atoms with E-state index in [4.69, 9.17) is 26.1 Å². The second-order valence-electron chi connectivity index (χ2n) is 10.9. The van der Waals surface area contributed by atoms with Gasteiger partial charge in [-0.1, -0.05) is 48.4 Å². The molecule has 9 heteroatoms. The van der Waals surface area contributed by atoms with Gasteiger partial charge in [0.2, 0.25) is 11.8 Å². The molecule has 6 rings (SSSR count). The van der Waals surface area contributed by atoms with Gasteiger partial charge in [0.05, 0.1) is 23.9 Å². The second-order valence-corrected chi connectivity index (χ2v) is 12.4. The number of Topliss-reactive ketones (excluding diaryl/α,β-unsaturated/α-hetero) is 1. The van der Waals surface area contributed by atoms with E-state index in [1.807, 2.05) is 60.7 Å². The molecule has 214 valence electrons. The average molecular weight is 592 g/mol. The van der Waals surface area contributed by atoms with E-state index in [2.05, 4.69) is 10.2 Å². The number of hydrogen-bond donors (Lipinski definition) is 1. The van der Waals surface area contributed by atoms with Crippen LogP contribution in [0.3, 0.4) is 0 Å². The van der Waals surface area contributed by atoms with E-state index >= 15 is 0 Å². The lowest BCUT2D eigenvalue weighted by molar-refractivity contribution is -0.133. The quantitative estimate of drug-likeness (QED) is 0.349. The predicted octanol–water partition coefficient (Wildman–Crippen LogP) is 5.78. The zero-order valence-electron chi connectivity index (χ0n) is 22.9. The number of nitrogens with zero attached hydrogens (tertiary/aromatic N) is 2. The molecular formula is C32H34ClN3O4S. The molecule has 0 bridgehead atoms. The van der Waals surface area contributed by atoms with Gasteiger partial charge in [-0.3, -0.25) is 9.59 Å². The predicted molar refractivity (Wildman–Crippen MR) is 161 cm³/mol. The van der Waals surface area contributed by atoms with E-state index in [-0.39, 0.29) is 24.2 Å². The van der Waals surface area contributed by atoms with Crippen molar-refractivity contribution in [2.45, 2.75) is 60.3 Å². The number of morpholine rings is 1. The van der Waals surface area contributed by atoms with Gasteiger partial charge in [0.15, 0.2) is 5.78 Å². The summed E-state index contributed by atoms with van der Waals surface area (Å²) in [7, 11) is 0. The van der Waals surface area contributed by atoms with Crippen molar-refractivity contribution < 1.29 is 19.1 Å². The van der Waals surface area contributed by atoms with Crippen molar-refractivity contribution in [1.82, 2.24) is 10.3 Å². The number of thioether (sulfide) groups is 1. The topological polar surface area (TPSA) is 80.8 Å². The van der Waals surface area contributed by atoms with Crippen molar-refractivity contribution in [3.63, 3.8) is 0 Å². The minimum Gasteiger partial charge on any atom is -0.474 e. The lowest BCUT2D eigenvalue weighted by atomic mass is 9.78. The zero-order valence-corrected chi connectivity index (χ0v) is 24.5. The number of benzene rings is 2. The fraction of sp³-hybridized carbons (Fsp3) is 0.406. The molecule has 1 saturated carbocycles. The lowest BCUT2D eigenvalue weighted by Crippen LogP contribution is -2.58. The second kappa shape index (κ2) is 12.4. The summed E-state index contributed by atoms with van der Waals surface area (Å²) in [6.45, 7) is 3.03. The van der Waals surface area contributed by atoms with E-state index in [0.29, 0.717) is 34.7 Å². The molecule has 2 atom stereocenters. The number of ketones is 1. The van der Waals surface area contributed by atoms with Crippen LogP contribution in [0.5, 0.6) is 5.88 Å². The number of carbonyl (C=O) groups is 2. The molecule has 2 unspecified atom stereocenters. The number of carbonyl (C=O) groups excluding carboxylic acids is 2. The maximum Gasteiger partial charge on any atom is 0.242 e. The number of piperidine rings is 1. The van der Waals surface area contributed by atoms with Crippen LogP contribution < -0.4 is 15.0 Å². The van der Waals surface area contributed by atoms with Gasteiger partial charge in [-0.25, -0.2) is 4.98 Å². The van der Waals surface area contributed by atoms with Crippen molar-refractivity contribution in [1.29, 1.82) is 0 Å². The van der Waals surface area contributed by atoms with Gasteiger partial charge in [-0.05, 0) is 61.6 Å². The van der Waals surface area contributed by atoms with Crippen molar-refractivity contribution in [3.05, 3.63) is 83.0 Å². The van der Waals surface area contributed by atoms with E-state index < -0.39 is 10.8 Å². The van der Waals surface area contributed by atoms with E-state index in [1.165, 1.54) is 18.2 Å². The molecule has 3 aromatic rings. The number of ether oxygens (including phenoxy) is 2. The highest BCUT2D eigenvalue weighted by atomic mass is 35.5. The van der Waals surface area contributed by atoms with Crippen LogP contribution in [0.1, 0.15) is 49.8 Å². The third-order valence-electron chi connectivity index (χ3n) is 8.12. The molecule has 2 aliphatic heterocycles. The maximum absolute atomic E-state index is 13.8.